The van der Waals surface area contributed by atoms with Gasteiger partial charge in [0.15, 0.2) is 0 Å². The molecule has 0 bridgehead atoms. The van der Waals surface area contributed by atoms with E-state index in [1.807, 2.05) is 11.3 Å². The van der Waals surface area contributed by atoms with Crippen LogP contribution in [-0.4, -0.2) is 12.6 Å². The van der Waals surface area contributed by atoms with E-state index in [4.69, 9.17) is 0 Å². The van der Waals surface area contributed by atoms with Crippen LogP contribution in [0, 0.1) is 0 Å². The van der Waals surface area contributed by atoms with Gasteiger partial charge in [-0.15, -0.1) is 11.3 Å². The van der Waals surface area contributed by atoms with Crippen molar-refractivity contribution in [2.75, 3.05) is 7.05 Å². The van der Waals surface area contributed by atoms with E-state index >= 15 is 0 Å². The van der Waals surface area contributed by atoms with E-state index in [0.717, 1.165) is 0 Å². The SMILES string of the molecule is CNC1(Cc2cccs2)CC1. The van der Waals surface area contributed by atoms with Crippen LogP contribution < -0.4 is 5.32 Å². The Bertz CT molecular complexity index is 224. The molecule has 0 saturated heterocycles. The molecule has 1 N–H and O–H groups in total. The second-order valence-electron chi connectivity index (χ2n) is 3.29. The van der Waals surface area contributed by atoms with Crippen LogP contribution in [0.3, 0.4) is 0 Å². The van der Waals surface area contributed by atoms with Crippen LogP contribution in [0.2, 0.25) is 0 Å². The van der Waals surface area contributed by atoms with Gasteiger partial charge in [0.05, 0.1) is 0 Å². The molecule has 1 aromatic heterocycles. The van der Waals surface area contributed by atoms with Crippen molar-refractivity contribution in [2.24, 2.45) is 0 Å². The Morgan fingerprint density at radius 3 is 2.91 bits per heavy atom. The van der Waals surface area contributed by atoms with Crippen LogP contribution in [-0.2, 0) is 6.42 Å². The Morgan fingerprint density at radius 2 is 2.45 bits per heavy atom. The summed E-state index contributed by atoms with van der Waals surface area (Å²) in [5.74, 6) is 0. The van der Waals surface area contributed by atoms with Crippen molar-refractivity contribution in [3.63, 3.8) is 0 Å². The lowest BCUT2D eigenvalue weighted by atomic mass is 10.1. The lowest BCUT2D eigenvalue weighted by molar-refractivity contribution is 0.553. The van der Waals surface area contributed by atoms with Crippen molar-refractivity contribution in [1.29, 1.82) is 0 Å². The van der Waals surface area contributed by atoms with E-state index in [9.17, 15) is 0 Å². The zero-order chi connectivity index (χ0) is 7.73. The molecular weight excluding hydrogens is 154 g/mol. The number of nitrogens with one attached hydrogen (secondary N) is 1. The second-order valence-corrected chi connectivity index (χ2v) is 4.32. The van der Waals surface area contributed by atoms with E-state index in [2.05, 4.69) is 29.9 Å². The Morgan fingerprint density at radius 1 is 1.64 bits per heavy atom. The quantitative estimate of drug-likeness (QED) is 0.726. The minimum Gasteiger partial charge on any atom is -0.314 e. The summed E-state index contributed by atoms with van der Waals surface area (Å²) in [5, 5.41) is 5.55. The highest BCUT2D eigenvalue weighted by atomic mass is 32.1. The Labute approximate surface area is 71.4 Å². The van der Waals surface area contributed by atoms with Gasteiger partial charge in [-0.3, -0.25) is 0 Å². The molecule has 11 heavy (non-hydrogen) atoms. The van der Waals surface area contributed by atoms with Crippen LogP contribution in [0.5, 0.6) is 0 Å². The van der Waals surface area contributed by atoms with Gasteiger partial charge in [0, 0.05) is 10.4 Å². The Hall–Kier alpha value is -0.340. The summed E-state index contributed by atoms with van der Waals surface area (Å²) in [5.41, 5.74) is 0.477. The largest absolute Gasteiger partial charge is 0.314 e. The first-order valence-corrected chi connectivity index (χ1v) is 4.94. The van der Waals surface area contributed by atoms with Crippen molar-refractivity contribution in [3.05, 3.63) is 22.4 Å². The molecule has 0 aromatic carbocycles. The average Bonchev–Trinajstić information content (AvgIpc) is 2.59. The van der Waals surface area contributed by atoms with E-state index in [0.29, 0.717) is 5.54 Å². The standard InChI is InChI=1S/C9H13NS/c1-10-9(4-5-9)7-8-3-2-6-11-8/h2-3,6,10H,4-5,7H2,1H3. The smallest absolute Gasteiger partial charge is 0.0228 e. The average molecular weight is 167 g/mol. The maximum atomic E-state index is 3.40. The molecule has 1 heterocycles. The zero-order valence-corrected chi connectivity index (χ0v) is 7.58. The molecule has 1 nitrogen and oxygen atoms in total. The Balaban J connectivity index is 2.01. The summed E-state index contributed by atoms with van der Waals surface area (Å²) in [6.07, 6.45) is 3.92. The van der Waals surface area contributed by atoms with Gasteiger partial charge < -0.3 is 5.32 Å². The fraction of sp³-hybridized carbons (Fsp3) is 0.556. The van der Waals surface area contributed by atoms with Gasteiger partial charge in [-0.2, -0.15) is 0 Å². The van der Waals surface area contributed by atoms with Gasteiger partial charge in [0.1, 0.15) is 0 Å². The fourth-order valence-electron chi connectivity index (χ4n) is 1.41. The van der Waals surface area contributed by atoms with E-state index in [1.165, 1.54) is 24.1 Å². The second kappa shape index (κ2) is 2.61. The van der Waals surface area contributed by atoms with Crippen molar-refractivity contribution in [1.82, 2.24) is 5.32 Å². The zero-order valence-electron chi connectivity index (χ0n) is 6.76. The minimum atomic E-state index is 0.477. The maximum Gasteiger partial charge on any atom is 0.0228 e. The van der Waals surface area contributed by atoms with Crippen LogP contribution in [0.15, 0.2) is 17.5 Å². The van der Waals surface area contributed by atoms with Gasteiger partial charge in [-0.05, 0) is 37.8 Å². The third-order valence-electron chi connectivity index (χ3n) is 2.48. The molecule has 0 unspecified atom stereocenters. The molecule has 60 valence electrons. The third kappa shape index (κ3) is 1.47. The van der Waals surface area contributed by atoms with Crippen molar-refractivity contribution < 1.29 is 0 Å². The van der Waals surface area contributed by atoms with E-state index < -0.39 is 0 Å². The number of rotatable bonds is 3. The monoisotopic (exact) mass is 167 g/mol. The first-order chi connectivity index (χ1) is 5.35. The molecule has 1 aliphatic rings. The van der Waals surface area contributed by atoms with Crippen LogP contribution >= 0.6 is 11.3 Å². The maximum absolute atomic E-state index is 3.40. The minimum absolute atomic E-state index is 0.477. The van der Waals surface area contributed by atoms with Crippen molar-refractivity contribution >= 4 is 11.3 Å². The molecule has 0 amide bonds. The molecular formula is C9H13NS. The number of hydrogen-bond acceptors (Lipinski definition) is 2. The summed E-state index contributed by atoms with van der Waals surface area (Å²) in [6.45, 7) is 0. The van der Waals surface area contributed by atoms with E-state index in [-0.39, 0.29) is 0 Å². The molecule has 0 spiro atoms. The van der Waals surface area contributed by atoms with Gasteiger partial charge in [-0.1, -0.05) is 6.07 Å². The molecule has 0 atom stereocenters. The lowest BCUT2D eigenvalue weighted by Crippen LogP contribution is -2.29. The van der Waals surface area contributed by atoms with Crippen LogP contribution in [0.25, 0.3) is 0 Å². The van der Waals surface area contributed by atoms with Crippen molar-refractivity contribution in [3.8, 4) is 0 Å². The molecule has 1 aliphatic carbocycles. The normalized spacial score (nSPS) is 20.1. The highest BCUT2D eigenvalue weighted by molar-refractivity contribution is 7.09. The third-order valence-corrected chi connectivity index (χ3v) is 3.35. The summed E-state index contributed by atoms with van der Waals surface area (Å²) in [4.78, 5) is 1.51. The summed E-state index contributed by atoms with van der Waals surface area (Å²) in [7, 11) is 2.07. The fourth-order valence-corrected chi connectivity index (χ4v) is 2.26. The first-order valence-electron chi connectivity index (χ1n) is 4.06. The molecule has 2 rings (SSSR count). The van der Waals surface area contributed by atoms with E-state index in [1.54, 1.807) is 0 Å². The van der Waals surface area contributed by atoms with Gasteiger partial charge in [-0.25, -0.2) is 0 Å². The number of likely N-dealkylation sites (N-methyl/N-ethyl adjacent to an activating group) is 1. The molecule has 0 aliphatic heterocycles. The summed E-state index contributed by atoms with van der Waals surface area (Å²) >= 11 is 1.87. The molecule has 1 aromatic rings. The topological polar surface area (TPSA) is 12.0 Å². The van der Waals surface area contributed by atoms with Crippen LogP contribution in [0.4, 0.5) is 0 Å². The highest BCUT2D eigenvalue weighted by Gasteiger charge is 2.40. The van der Waals surface area contributed by atoms with Gasteiger partial charge in [0.2, 0.25) is 0 Å². The van der Waals surface area contributed by atoms with Gasteiger partial charge in [0.25, 0.3) is 0 Å². The predicted octanol–water partition coefficient (Wildman–Crippen LogP) is 2.04. The Kier molecular flexibility index (Phi) is 1.74. The lowest BCUT2D eigenvalue weighted by Gasteiger charge is -2.11. The van der Waals surface area contributed by atoms with Crippen molar-refractivity contribution in [2.45, 2.75) is 24.8 Å². The molecule has 1 saturated carbocycles. The predicted molar refractivity (Wildman–Crippen MR) is 49.0 cm³/mol. The summed E-state index contributed by atoms with van der Waals surface area (Å²) in [6, 6.07) is 4.35. The molecule has 1 fully saturated rings. The molecule has 0 radical (unpaired) electrons. The van der Waals surface area contributed by atoms with Crippen LogP contribution in [0.1, 0.15) is 17.7 Å². The highest BCUT2D eigenvalue weighted by Crippen LogP contribution is 2.38. The first kappa shape index (κ1) is 7.32. The summed E-state index contributed by atoms with van der Waals surface area (Å²) < 4.78 is 0. The number of thiophene rings is 1. The molecule has 2 heteroatoms. The van der Waals surface area contributed by atoms with Gasteiger partial charge >= 0.3 is 0 Å². The number of hydrogen-bond donors (Lipinski definition) is 1.